The first kappa shape index (κ1) is 23.0. The van der Waals surface area contributed by atoms with Crippen molar-refractivity contribution in [3.63, 3.8) is 0 Å². The van der Waals surface area contributed by atoms with Gasteiger partial charge in [-0.2, -0.15) is 10.1 Å². The summed E-state index contributed by atoms with van der Waals surface area (Å²) in [4.78, 5) is 31.6. The van der Waals surface area contributed by atoms with Gasteiger partial charge in [-0.1, -0.05) is 17.7 Å². The van der Waals surface area contributed by atoms with Crippen LogP contribution < -0.4 is 15.8 Å². The van der Waals surface area contributed by atoms with Crippen LogP contribution >= 0.6 is 11.6 Å². The number of nitrogens with zero attached hydrogens (tertiary/aromatic N) is 4. The second-order valence-corrected chi connectivity index (χ2v) is 9.84. The highest BCUT2D eigenvalue weighted by Crippen LogP contribution is 2.28. The summed E-state index contributed by atoms with van der Waals surface area (Å²) in [6, 6.07) is 5.92. The molecule has 1 saturated heterocycles. The van der Waals surface area contributed by atoms with Gasteiger partial charge in [0.05, 0.1) is 10.6 Å². The molecular weight excluding hydrogens is 451 g/mol. The van der Waals surface area contributed by atoms with Crippen LogP contribution in [0, 0.1) is 5.82 Å². The number of alkyl carbamates (subject to hydrolysis) is 1. The first-order chi connectivity index (χ1) is 15.5. The van der Waals surface area contributed by atoms with Crippen molar-refractivity contribution < 1.29 is 13.9 Å². The standard InChI is InChI=1S/C22H26ClFN6O3/c1-21(2,3)33-20(32)26-22(4)8-10-29(11-9-22)15-12-16(31)30-18(27-28-19(30)25-15)13-6-5-7-14(23)17(13)24/h5-7,12H,8-11H2,1-4H3,(H,25,28)(H,26,32). The van der Waals surface area contributed by atoms with Gasteiger partial charge in [0, 0.05) is 24.7 Å². The van der Waals surface area contributed by atoms with Gasteiger partial charge in [-0.15, -0.1) is 0 Å². The molecule has 1 aliphatic heterocycles. The predicted molar refractivity (Wildman–Crippen MR) is 123 cm³/mol. The predicted octanol–water partition coefficient (Wildman–Crippen LogP) is 3.76. The van der Waals surface area contributed by atoms with Gasteiger partial charge in [-0.3, -0.25) is 4.79 Å². The van der Waals surface area contributed by atoms with Crippen molar-refractivity contribution in [3.05, 3.63) is 45.5 Å². The number of piperidine rings is 1. The number of nitrogens with one attached hydrogen (secondary N) is 2. The number of benzene rings is 1. The Kier molecular flexibility index (Phi) is 5.81. The number of H-pyrrole nitrogens is 1. The molecule has 1 amide bonds. The Morgan fingerprint density at radius 2 is 2.00 bits per heavy atom. The Hall–Kier alpha value is -3.14. The molecule has 0 aliphatic carbocycles. The monoisotopic (exact) mass is 476 g/mol. The molecule has 0 bridgehead atoms. The maximum atomic E-state index is 14.5. The lowest BCUT2D eigenvalue weighted by molar-refractivity contribution is 0.0448. The van der Waals surface area contributed by atoms with Crippen LogP contribution in [0.2, 0.25) is 5.02 Å². The first-order valence-corrected chi connectivity index (χ1v) is 11.0. The zero-order valence-electron chi connectivity index (χ0n) is 18.9. The van der Waals surface area contributed by atoms with E-state index in [0.29, 0.717) is 31.7 Å². The Balaban J connectivity index is 1.53. The summed E-state index contributed by atoms with van der Waals surface area (Å²) in [6.45, 7) is 8.59. The number of hydrogen-bond acceptors (Lipinski definition) is 6. The van der Waals surface area contributed by atoms with Crippen LogP contribution in [-0.2, 0) is 4.74 Å². The van der Waals surface area contributed by atoms with Crippen LogP contribution in [0.25, 0.3) is 17.2 Å². The van der Waals surface area contributed by atoms with Crippen LogP contribution in [0.3, 0.4) is 0 Å². The third-order valence-electron chi connectivity index (χ3n) is 5.57. The van der Waals surface area contributed by atoms with Gasteiger partial charge in [-0.25, -0.2) is 18.7 Å². The molecule has 1 aliphatic rings. The van der Waals surface area contributed by atoms with Crippen molar-refractivity contribution in [2.75, 3.05) is 18.0 Å². The number of halogens is 2. The van der Waals surface area contributed by atoms with Crippen molar-refractivity contribution in [2.45, 2.75) is 51.7 Å². The number of anilines is 1. The van der Waals surface area contributed by atoms with Gasteiger partial charge in [0.2, 0.25) is 5.78 Å². The Morgan fingerprint density at radius 3 is 2.67 bits per heavy atom. The van der Waals surface area contributed by atoms with Crippen LogP contribution in [0.5, 0.6) is 0 Å². The fourth-order valence-corrected chi connectivity index (χ4v) is 4.00. The number of ether oxygens (including phenoxy) is 1. The Bertz CT molecular complexity index is 1260. The number of rotatable bonds is 3. The average molecular weight is 477 g/mol. The van der Waals surface area contributed by atoms with Gasteiger partial charge < -0.3 is 15.0 Å². The van der Waals surface area contributed by atoms with E-state index in [0.717, 1.165) is 0 Å². The Labute approximate surface area is 194 Å². The molecule has 3 heterocycles. The minimum absolute atomic E-state index is 0.0577. The van der Waals surface area contributed by atoms with E-state index in [1.54, 1.807) is 6.07 Å². The largest absolute Gasteiger partial charge is 0.444 e. The van der Waals surface area contributed by atoms with Gasteiger partial charge in [0.1, 0.15) is 11.4 Å². The Morgan fingerprint density at radius 1 is 1.30 bits per heavy atom. The van der Waals surface area contributed by atoms with Crippen molar-refractivity contribution in [2.24, 2.45) is 0 Å². The van der Waals surface area contributed by atoms with Crippen molar-refractivity contribution in [1.29, 1.82) is 0 Å². The molecule has 2 N–H and O–H groups in total. The number of aromatic amines is 1. The number of aromatic nitrogens is 4. The number of fused-ring (bicyclic) bond motifs is 1. The number of carbonyl (C=O) groups is 1. The quantitative estimate of drug-likeness (QED) is 0.596. The average Bonchev–Trinajstić information content (AvgIpc) is 3.13. The highest BCUT2D eigenvalue weighted by atomic mass is 35.5. The van der Waals surface area contributed by atoms with Gasteiger partial charge in [0.15, 0.2) is 11.6 Å². The lowest BCUT2D eigenvalue weighted by Crippen LogP contribution is -2.54. The van der Waals surface area contributed by atoms with Gasteiger partial charge in [0.25, 0.3) is 5.56 Å². The van der Waals surface area contributed by atoms with E-state index in [2.05, 4.69) is 20.5 Å². The molecule has 33 heavy (non-hydrogen) atoms. The molecule has 176 valence electrons. The highest BCUT2D eigenvalue weighted by molar-refractivity contribution is 6.31. The number of amides is 1. The fraction of sp³-hybridized carbons (Fsp3) is 0.455. The van der Waals surface area contributed by atoms with Crippen molar-refractivity contribution in [1.82, 2.24) is 24.9 Å². The zero-order valence-corrected chi connectivity index (χ0v) is 19.7. The van der Waals surface area contributed by atoms with E-state index < -0.39 is 28.6 Å². The molecule has 0 unspecified atom stereocenters. The third kappa shape index (κ3) is 4.80. The lowest BCUT2D eigenvalue weighted by Gasteiger charge is -2.40. The second-order valence-electron chi connectivity index (χ2n) is 9.43. The molecule has 9 nitrogen and oxygen atoms in total. The molecule has 3 aromatic rings. The lowest BCUT2D eigenvalue weighted by atomic mass is 9.90. The molecular formula is C22H26ClFN6O3. The summed E-state index contributed by atoms with van der Waals surface area (Å²) in [7, 11) is 0. The van der Waals surface area contributed by atoms with Crippen LogP contribution in [0.1, 0.15) is 40.5 Å². The molecule has 0 saturated carbocycles. The number of carbonyl (C=O) groups excluding carboxylic acids is 1. The van der Waals surface area contributed by atoms with E-state index >= 15 is 0 Å². The molecule has 1 fully saturated rings. The summed E-state index contributed by atoms with van der Waals surface area (Å²) in [5.74, 6) is 0.131. The second kappa shape index (κ2) is 8.33. The van der Waals surface area contributed by atoms with Crippen LogP contribution in [-0.4, -0.2) is 49.9 Å². The van der Waals surface area contributed by atoms with E-state index in [-0.39, 0.29) is 22.2 Å². The topological polar surface area (TPSA) is 105 Å². The molecule has 1 aromatic carbocycles. The van der Waals surface area contributed by atoms with Crippen LogP contribution in [0.15, 0.2) is 29.1 Å². The third-order valence-corrected chi connectivity index (χ3v) is 5.86. The van der Waals surface area contributed by atoms with E-state index in [9.17, 15) is 14.0 Å². The SMILES string of the molecule is CC1(NC(=O)OC(C)(C)C)CCN(c2cc(=O)n3c(-c4cccc(Cl)c4F)n[nH]c3n2)CC1. The molecule has 0 spiro atoms. The summed E-state index contributed by atoms with van der Waals surface area (Å²) < 4.78 is 21.1. The minimum atomic E-state index is -0.656. The minimum Gasteiger partial charge on any atom is -0.444 e. The highest BCUT2D eigenvalue weighted by Gasteiger charge is 2.34. The fourth-order valence-electron chi connectivity index (χ4n) is 3.83. The normalized spacial score (nSPS) is 16.1. The molecule has 2 aromatic heterocycles. The van der Waals surface area contributed by atoms with Crippen molar-refractivity contribution >= 4 is 29.3 Å². The summed E-state index contributed by atoms with van der Waals surface area (Å²) in [5, 5.41) is 9.71. The molecule has 11 heteroatoms. The van der Waals surface area contributed by atoms with Crippen molar-refractivity contribution in [3.8, 4) is 11.4 Å². The maximum Gasteiger partial charge on any atom is 0.408 e. The maximum absolute atomic E-state index is 14.5. The number of hydrogen-bond donors (Lipinski definition) is 2. The van der Waals surface area contributed by atoms with Gasteiger partial charge >= 0.3 is 6.09 Å². The summed E-state index contributed by atoms with van der Waals surface area (Å²) >= 11 is 5.88. The molecule has 0 atom stereocenters. The molecule has 4 rings (SSSR count). The zero-order chi connectivity index (χ0) is 24.0. The van der Waals surface area contributed by atoms with E-state index in [4.69, 9.17) is 16.3 Å². The van der Waals surface area contributed by atoms with E-state index in [1.165, 1.54) is 22.6 Å². The van der Waals surface area contributed by atoms with Gasteiger partial charge in [-0.05, 0) is 52.7 Å². The summed E-state index contributed by atoms with van der Waals surface area (Å²) in [5.41, 5.74) is -1.28. The molecule has 0 radical (unpaired) electrons. The first-order valence-electron chi connectivity index (χ1n) is 10.6. The summed E-state index contributed by atoms with van der Waals surface area (Å²) in [6.07, 6.45) is 0.847. The van der Waals surface area contributed by atoms with E-state index in [1.807, 2.05) is 32.6 Å². The smallest absolute Gasteiger partial charge is 0.408 e. The van der Waals surface area contributed by atoms with Crippen LogP contribution in [0.4, 0.5) is 15.0 Å².